The lowest BCUT2D eigenvalue weighted by Gasteiger charge is -2.12. The zero-order valence-corrected chi connectivity index (χ0v) is 30.1. The van der Waals surface area contributed by atoms with Crippen molar-refractivity contribution in [1.82, 2.24) is 21.3 Å². The lowest BCUT2D eigenvalue weighted by molar-refractivity contribution is -0.118. The zero-order valence-electron chi connectivity index (χ0n) is 30.1. The zero-order chi connectivity index (χ0) is 37.3. The van der Waals surface area contributed by atoms with Gasteiger partial charge in [-0.15, -0.1) is 0 Å². The van der Waals surface area contributed by atoms with Crippen LogP contribution in [0.3, 0.4) is 0 Å². The number of methoxy groups -OCH3 is 2. The van der Waals surface area contributed by atoms with Crippen LogP contribution in [0.15, 0.2) is 108 Å². The number of benzene rings is 4. The van der Waals surface area contributed by atoms with Crippen LogP contribution in [-0.2, 0) is 9.59 Å². The Balaban J connectivity index is 1.27. The number of aryl methyl sites for hydroxylation is 2. The summed E-state index contributed by atoms with van der Waals surface area (Å²) in [4.78, 5) is 52.3. The summed E-state index contributed by atoms with van der Waals surface area (Å²) >= 11 is 0. The molecular formula is C42H46N4O6. The van der Waals surface area contributed by atoms with Crippen LogP contribution in [0.25, 0.3) is 12.2 Å². The molecule has 4 amide bonds. The van der Waals surface area contributed by atoms with Gasteiger partial charge in [-0.25, -0.2) is 0 Å². The van der Waals surface area contributed by atoms with Crippen molar-refractivity contribution in [2.24, 2.45) is 0 Å². The second-order valence-corrected chi connectivity index (χ2v) is 12.2. The van der Waals surface area contributed by atoms with E-state index in [1.54, 1.807) is 99.2 Å². The maximum atomic E-state index is 13.2. The van der Waals surface area contributed by atoms with Crippen LogP contribution in [0.5, 0.6) is 11.5 Å². The van der Waals surface area contributed by atoms with E-state index in [-0.39, 0.29) is 23.2 Å². The molecule has 0 saturated carbocycles. The highest BCUT2D eigenvalue weighted by Crippen LogP contribution is 2.16. The molecular weight excluding hydrogens is 656 g/mol. The van der Waals surface area contributed by atoms with Gasteiger partial charge in [0.05, 0.1) is 14.2 Å². The molecule has 270 valence electrons. The smallest absolute Gasteiger partial charge is 0.267 e. The molecule has 4 aromatic rings. The Bertz CT molecular complexity index is 1730. The average Bonchev–Trinajstić information content (AvgIpc) is 3.16. The van der Waals surface area contributed by atoms with Crippen LogP contribution < -0.4 is 30.7 Å². The van der Waals surface area contributed by atoms with Gasteiger partial charge < -0.3 is 30.7 Å². The molecule has 10 nitrogen and oxygen atoms in total. The summed E-state index contributed by atoms with van der Waals surface area (Å²) in [6, 6.07) is 28.6. The van der Waals surface area contributed by atoms with Crippen molar-refractivity contribution >= 4 is 35.8 Å². The van der Waals surface area contributed by atoms with Crippen LogP contribution in [0, 0.1) is 13.8 Å². The fourth-order valence-electron chi connectivity index (χ4n) is 5.05. The summed E-state index contributed by atoms with van der Waals surface area (Å²) in [6.45, 7) is 4.69. The van der Waals surface area contributed by atoms with E-state index in [2.05, 4.69) is 21.3 Å². The summed E-state index contributed by atoms with van der Waals surface area (Å²) in [5.41, 5.74) is 4.67. The molecule has 0 aliphatic heterocycles. The van der Waals surface area contributed by atoms with Crippen molar-refractivity contribution in [3.63, 3.8) is 0 Å². The molecule has 0 saturated heterocycles. The number of amides is 4. The number of carbonyl (C=O) groups excluding carboxylic acids is 4. The van der Waals surface area contributed by atoms with Crippen molar-refractivity contribution in [2.45, 2.75) is 39.5 Å². The van der Waals surface area contributed by atoms with E-state index in [9.17, 15) is 19.2 Å². The predicted octanol–water partition coefficient (Wildman–Crippen LogP) is 6.36. The summed E-state index contributed by atoms with van der Waals surface area (Å²) in [7, 11) is 3.16. The van der Waals surface area contributed by atoms with Gasteiger partial charge in [-0.1, -0.05) is 72.5 Å². The number of unbranched alkanes of at least 4 members (excludes halogenated alkanes) is 3. The molecule has 0 fully saturated rings. The van der Waals surface area contributed by atoms with Crippen LogP contribution in [-0.4, -0.2) is 50.9 Å². The average molecular weight is 703 g/mol. The van der Waals surface area contributed by atoms with Gasteiger partial charge in [0, 0.05) is 24.2 Å². The molecule has 0 spiro atoms. The Kier molecular flexibility index (Phi) is 14.8. The first-order valence-electron chi connectivity index (χ1n) is 17.2. The molecule has 0 aromatic heterocycles. The number of carbonyl (C=O) groups is 4. The highest BCUT2D eigenvalue weighted by Gasteiger charge is 2.16. The highest BCUT2D eigenvalue weighted by atomic mass is 16.5. The quantitative estimate of drug-likeness (QED) is 0.0748. The lowest BCUT2D eigenvalue weighted by atomic mass is 10.1. The van der Waals surface area contributed by atoms with E-state index in [1.807, 2.05) is 38.1 Å². The Hall–Kier alpha value is -6.16. The molecule has 0 bridgehead atoms. The second-order valence-electron chi connectivity index (χ2n) is 12.2. The van der Waals surface area contributed by atoms with Gasteiger partial charge >= 0.3 is 0 Å². The minimum absolute atomic E-state index is 0.131. The Morgan fingerprint density at radius 3 is 1.17 bits per heavy atom. The molecule has 0 aliphatic rings. The van der Waals surface area contributed by atoms with Crippen LogP contribution >= 0.6 is 0 Å². The summed E-state index contributed by atoms with van der Waals surface area (Å²) in [5.74, 6) is -0.189. The van der Waals surface area contributed by atoms with Gasteiger partial charge in [-0.2, -0.15) is 0 Å². The van der Waals surface area contributed by atoms with Gasteiger partial charge in [-0.05, 0) is 98.5 Å². The monoisotopic (exact) mass is 702 g/mol. The van der Waals surface area contributed by atoms with Crippen molar-refractivity contribution in [2.75, 3.05) is 27.3 Å². The first-order chi connectivity index (χ1) is 25.1. The topological polar surface area (TPSA) is 135 Å². The Morgan fingerprint density at radius 1 is 0.500 bits per heavy atom. The molecule has 4 rings (SSSR count). The molecule has 0 radical (unpaired) electrons. The Morgan fingerprint density at radius 2 is 0.846 bits per heavy atom. The Labute approximate surface area is 305 Å². The van der Waals surface area contributed by atoms with Crippen LogP contribution in [0.1, 0.15) is 68.7 Å². The molecule has 0 aliphatic carbocycles. The van der Waals surface area contributed by atoms with Crippen molar-refractivity contribution in [3.8, 4) is 11.5 Å². The maximum Gasteiger partial charge on any atom is 0.267 e. The summed E-state index contributed by atoms with van der Waals surface area (Å²) in [5, 5.41) is 11.3. The minimum atomic E-state index is -0.396. The van der Waals surface area contributed by atoms with Gasteiger partial charge in [-0.3, -0.25) is 19.2 Å². The third kappa shape index (κ3) is 12.3. The number of hydrogen-bond acceptors (Lipinski definition) is 6. The van der Waals surface area contributed by atoms with Gasteiger partial charge in [0.2, 0.25) is 0 Å². The molecule has 10 heteroatoms. The molecule has 4 aromatic carbocycles. The van der Waals surface area contributed by atoms with Crippen molar-refractivity contribution < 1.29 is 28.7 Å². The lowest BCUT2D eigenvalue weighted by Crippen LogP contribution is -2.35. The van der Waals surface area contributed by atoms with E-state index in [0.29, 0.717) is 48.6 Å². The summed E-state index contributed by atoms with van der Waals surface area (Å²) < 4.78 is 10.5. The van der Waals surface area contributed by atoms with E-state index in [0.717, 1.165) is 35.1 Å². The highest BCUT2D eigenvalue weighted by molar-refractivity contribution is 6.06. The molecule has 0 heterocycles. The molecule has 52 heavy (non-hydrogen) atoms. The third-order valence-corrected chi connectivity index (χ3v) is 8.14. The summed E-state index contributed by atoms with van der Waals surface area (Å²) in [6.07, 6.45) is 6.28. The van der Waals surface area contributed by atoms with Gasteiger partial charge in [0.15, 0.2) is 0 Å². The number of ether oxygens (including phenoxy) is 2. The maximum absolute atomic E-state index is 13.2. The van der Waals surface area contributed by atoms with Gasteiger partial charge in [0.1, 0.15) is 22.9 Å². The van der Waals surface area contributed by atoms with E-state index in [1.165, 1.54) is 0 Å². The van der Waals surface area contributed by atoms with Crippen LogP contribution in [0.2, 0.25) is 0 Å². The molecule has 0 unspecified atom stereocenters. The number of nitrogens with one attached hydrogen (secondary N) is 4. The third-order valence-electron chi connectivity index (χ3n) is 8.14. The van der Waals surface area contributed by atoms with E-state index < -0.39 is 11.8 Å². The first kappa shape index (κ1) is 38.6. The normalized spacial score (nSPS) is 11.3. The standard InChI is InChI=1S/C42H46N4O6/c1-29-9-17-33(18-10-29)39(47)45-37(27-31-13-21-35(51-3)22-14-31)41(49)43-25-7-5-6-8-26-44-42(50)38(28-32-15-23-36(52-4)24-16-32)46-40(48)34-19-11-30(2)12-20-34/h9-24,27-28H,5-8,25-26H2,1-4H3,(H,43,49)(H,44,50)(H,45,47)(H,46,48)/b37-27-,38-28-. The fraction of sp³-hybridized carbons (Fsp3) is 0.238. The van der Waals surface area contributed by atoms with E-state index in [4.69, 9.17) is 9.47 Å². The molecule has 4 N–H and O–H groups in total. The van der Waals surface area contributed by atoms with Gasteiger partial charge in [0.25, 0.3) is 23.6 Å². The van der Waals surface area contributed by atoms with Crippen molar-refractivity contribution in [1.29, 1.82) is 0 Å². The SMILES string of the molecule is COc1ccc(/C=C(\NC(=O)c2ccc(C)cc2)C(=O)NCCCCCCNC(=O)/C(=C/c2ccc(OC)cc2)NC(=O)c2ccc(C)cc2)cc1. The second kappa shape index (κ2) is 19.9. The first-order valence-corrected chi connectivity index (χ1v) is 17.2. The largest absolute Gasteiger partial charge is 0.497 e. The number of hydrogen-bond donors (Lipinski definition) is 4. The fourth-order valence-corrected chi connectivity index (χ4v) is 5.05. The van der Waals surface area contributed by atoms with E-state index >= 15 is 0 Å². The minimum Gasteiger partial charge on any atom is -0.497 e. The number of rotatable bonds is 17. The predicted molar refractivity (Wildman–Crippen MR) is 204 cm³/mol. The molecule has 0 atom stereocenters. The van der Waals surface area contributed by atoms with Crippen LogP contribution in [0.4, 0.5) is 0 Å². The van der Waals surface area contributed by atoms with Crippen molar-refractivity contribution in [3.05, 3.63) is 142 Å².